The van der Waals surface area contributed by atoms with Crippen LogP contribution in [0.2, 0.25) is 0 Å². The van der Waals surface area contributed by atoms with Gasteiger partial charge in [0.15, 0.2) is 0 Å². The maximum atomic E-state index is 12.2. The number of hydrogen-bond donors (Lipinski definition) is 1. The molecule has 2 aliphatic heterocycles. The van der Waals surface area contributed by atoms with Gasteiger partial charge in [-0.05, 0) is 56.5 Å². The minimum atomic E-state index is -5.08. The molecule has 2 saturated heterocycles. The summed E-state index contributed by atoms with van der Waals surface area (Å²) in [4.78, 5) is 25.8. The Bertz CT molecular complexity index is 587. The number of nitrogens with zero attached hydrogens (tertiary/aromatic N) is 2. The highest BCUT2D eigenvalue weighted by molar-refractivity contribution is 5.79. The summed E-state index contributed by atoms with van der Waals surface area (Å²) >= 11 is 0. The SMILES string of the molecule is COCCN1CC2(CCN(CC3CC=CCC3)CC2)CC1=O.O=C(O)C(F)(F)F. The molecule has 0 saturated carbocycles. The minimum Gasteiger partial charge on any atom is -0.475 e. The van der Waals surface area contributed by atoms with E-state index in [0.29, 0.717) is 12.5 Å². The molecule has 6 nitrogen and oxygen atoms in total. The molecular formula is C20H31F3N2O4. The third kappa shape index (κ3) is 7.29. The van der Waals surface area contributed by atoms with Crippen LogP contribution in [0.5, 0.6) is 0 Å². The van der Waals surface area contributed by atoms with Gasteiger partial charge in [-0.25, -0.2) is 4.79 Å². The molecule has 2 fully saturated rings. The predicted octanol–water partition coefficient (Wildman–Crippen LogP) is 2.94. The van der Waals surface area contributed by atoms with Crippen LogP contribution in [0.25, 0.3) is 0 Å². The fraction of sp³-hybridized carbons (Fsp3) is 0.800. The number of piperidine rings is 1. The highest BCUT2D eigenvalue weighted by atomic mass is 19.4. The lowest BCUT2D eigenvalue weighted by molar-refractivity contribution is -0.192. The first-order valence-electron chi connectivity index (χ1n) is 10.1. The lowest BCUT2D eigenvalue weighted by Crippen LogP contribution is -2.43. The van der Waals surface area contributed by atoms with Gasteiger partial charge in [-0.2, -0.15) is 13.2 Å². The van der Waals surface area contributed by atoms with E-state index in [0.717, 1.165) is 25.4 Å². The third-order valence-corrected chi connectivity index (χ3v) is 6.02. The Morgan fingerprint density at radius 1 is 1.31 bits per heavy atom. The zero-order valence-electron chi connectivity index (χ0n) is 16.9. The molecule has 1 amide bonds. The van der Waals surface area contributed by atoms with Crippen LogP contribution in [0.15, 0.2) is 12.2 Å². The number of carbonyl (C=O) groups is 2. The number of methoxy groups -OCH3 is 1. The standard InChI is InChI=1S/C18H30N2O2.C2HF3O2/c1-22-12-11-20-15-18(13-17(20)21)7-9-19(10-8-18)14-16-5-3-2-4-6-16;3-2(4,5)1(6)7/h2-3,16H,4-15H2,1H3;(H,6,7). The molecule has 1 aliphatic carbocycles. The second kappa shape index (κ2) is 10.4. The van der Waals surface area contributed by atoms with Gasteiger partial charge in [0.1, 0.15) is 0 Å². The summed E-state index contributed by atoms with van der Waals surface area (Å²) < 4.78 is 36.9. The first-order valence-corrected chi connectivity index (χ1v) is 10.1. The molecule has 3 rings (SSSR count). The van der Waals surface area contributed by atoms with Gasteiger partial charge in [0.2, 0.25) is 5.91 Å². The van der Waals surface area contributed by atoms with Gasteiger partial charge in [0.05, 0.1) is 6.61 Å². The van der Waals surface area contributed by atoms with Gasteiger partial charge in [-0.15, -0.1) is 0 Å². The number of hydrogen-bond acceptors (Lipinski definition) is 4. The summed E-state index contributed by atoms with van der Waals surface area (Å²) in [5.41, 5.74) is 0.258. The van der Waals surface area contributed by atoms with Crippen molar-refractivity contribution < 1.29 is 32.6 Å². The van der Waals surface area contributed by atoms with Crippen molar-refractivity contribution in [1.82, 2.24) is 9.80 Å². The van der Waals surface area contributed by atoms with E-state index < -0.39 is 12.1 Å². The lowest BCUT2D eigenvalue weighted by atomic mass is 9.77. The number of aliphatic carboxylic acids is 1. The molecule has 9 heteroatoms. The molecule has 0 aromatic rings. The molecule has 1 N–H and O–H groups in total. The van der Waals surface area contributed by atoms with E-state index in [1.807, 2.05) is 4.90 Å². The topological polar surface area (TPSA) is 70.1 Å². The number of amides is 1. The summed E-state index contributed by atoms with van der Waals surface area (Å²) in [5.74, 6) is -1.57. The van der Waals surface area contributed by atoms with Gasteiger partial charge in [0.25, 0.3) is 0 Å². The van der Waals surface area contributed by atoms with E-state index in [1.54, 1.807) is 7.11 Å². The molecule has 1 unspecified atom stereocenters. The van der Waals surface area contributed by atoms with Crippen molar-refractivity contribution in [3.8, 4) is 0 Å². The summed E-state index contributed by atoms with van der Waals surface area (Å²) in [6.07, 6.45) is 6.58. The summed E-state index contributed by atoms with van der Waals surface area (Å²) in [5, 5.41) is 7.12. The predicted molar refractivity (Wildman–Crippen MR) is 101 cm³/mol. The molecule has 166 valence electrons. The van der Waals surface area contributed by atoms with Crippen LogP contribution in [0.3, 0.4) is 0 Å². The molecule has 2 heterocycles. The molecule has 0 radical (unpaired) electrons. The van der Waals surface area contributed by atoms with E-state index in [4.69, 9.17) is 14.6 Å². The molecule has 0 aromatic carbocycles. The van der Waals surface area contributed by atoms with Crippen molar-refractivity contribution in [2.75, 3.05) is 46.4 Å². The van der Waals surface area contributed by atoms with Gasteiger partial charge in [-0.3, -0.25) is 4.79 Å². The smallest absolute Gasteiger partial charge is 0.475 e. The van der Waals surface area contributed by atoms with Crippen LogP contribution in [-0.2, 0) is 14.3 Å². The lowest BCUT2D eigenvalue weighted by Gasteiger charge is -2.40. The number of ether oxygens (including phenoxy) is 1. The Kier molecular flexibility index (Phi) is 8.51. The second-order valence-corrected chi connectivity index (χ2v) is 8.24. The minimum absolute atomic E-state index is 0.258. The second-order valence-electron chi connectivity index (χ2n) is 8.24. The molecule has 0 aromatic heterocycles. The molecule has 0 bridgehead atoms. The molecule has 3 aliphatic rings. The van der Waals surface area contributed by atoms with Gasteiger partial charge in [0, 0.05) is 33.2 Å². The van der Waals surface area contributed by atoms with Crippen LogP contribution in [0.1, 0.15) is 38.5 Å². The number of carboxylic acids is 1. The van der Waals surface area contributed by atoms with Crippen molar-refractivity contribution in [2.24, 2.45) is 11.3 Å². The first kappa shape index (κ1) is 23.7. The van der Waals surface area contributed by atoms with Crippen molar-refractivity contribution >= 4 is 11.9 Å². The average molecular weight is 420 g/mol. The van der Waals surface area contributed by atoms with E-state index >= 15 is 0 Å². The largest absolute Gasteiger partial charge is 0.490 e. The zero-order chi connectivity index (χ0) is 21.5. The molecule has 29 heavy (non-hydrogen) atoms. The summed E-state index contributed by atoms with van der Waals surface area (Å²) in [6, 6.07) is 0. The summed E-state index contributed by atoms with van der Waals surface area (Å²) in [6.45, 7) is 5.96. The number of rotatable bonds is 5. The van der Waals surface area contributed by atoms with Crippen molar-refractivity contribution in [3.63, 3.8) is 0 Å². The normalized spacial score (nSPS) is 24.5. The Morgan fingerprint density at radius 3 is 2.48 bits per heavy atom. The van der Waals surface area contributed by atoms with E-state index in [-0.39, 0.29) is 5.41 Å². The van der Waals surface area contributed by atoms with E-state index in [1.165, 1.54) is 51.7 Å². The Balaban J connectivity index is 0.000000370. The van der Waals surface area contributed by atoms with Gasteiger partial charge >= 0.3 is 12.1 Å². The number of alkyl halides is 3. The number of carbonyl (C=O) groups excluding carboxylic acids is 1. The molecule has 1 atom stereocenters. The number of carboxylic acid groups (broad SMARTS) is 1. The molecule has 1 spiro atoms. The fourth-order valence-corrected chi connectivity index (χ4v) is 4.32. The Hall–Kier alpha value is -1.61. The number of halogens is 3. The highest BCUT2D eigenvalue weighted by Gasteiger charge is 2.44. The average Bonchev–Trinajstić information content (AvgIpc) is 2.98. The van der Waals surface area contributed by atoms with E-state index in [2.05, 4.69) is 17.1 Å². The quantitative estimate of drug-likeness (QED) is 0.693. The van der Waals surface area contributed by atoms with E-state index in [9.17, 15) is 18.0 Å². The zero-order valence-corrected chi connectivity index (χ0v) is 16.9. The van der Waals surface area contributed by atoms with Crippen LogP contribution in [-0.4, -0.2) is 79.4 Å². The van der Waals surface area contributed by atoms with Gasteiger partial charge in [-0.1, -0.05) is 12.2 Å². The monoisotopic (exact) mass is 420 g/mol. The highest BCUT2D eigenvalue weighted by Crippen LogP contribution is 2.41. The van der Waals surface area contributed by atoms with Crippen LogP contribution in [0, 0.1) is 11.3 Å². The Morgan fingerprint density at radius 2 is 1.97 bits per heavy atom. The maximum Gasteiger partial charge on any atom is 0.490 e. The third-order valence-electron chi connectivity index (χ3n) is 6.02. The first-order chi connectivity index (χ1) is 13.6. The van der Waals surface area contributed by atoms with Crippen molar-refractivity contribution in [2.45, 2.75) is 44.7 Å². The van der Waals surface area contributed by atoms with Gasteiger partial charge < -0.3 is 19.6 Å². The maximum absolute atomic E-state index is 12.2. The van der Waals surface area contributed by atoms with Crippen molar-refractivity contribution in [1.29, 1.82) is 0 Å². The number of likely N-dealkylation sites (tertiary alicyclic amines) is 2. The Labute approximate surface area is 169 Å². The van der Waals surface area contributed by atoms with Crippen LogP contribution < -0.4 is 0 Å². The number of allylic oxidation sites excluding steroid dienone is 2. The van der Waals surface area contributed by atoms with Crippen LogP contribution in [0.4, 0.5) is 13.2 Å². The summed E-state index contributed by atoms with van der Waals surface area (Å²) in [7, 11) is 1.70. The van der Waals surface area contributed by atoms with Crippen molar-refractivity contribution in [3.05, 3.63) is 12.2 Å². The molecular weight excluding hydrogens is 389 g/mol. The fourth-order valence-electron chi connectivity index (χ4n) is 4.32. The van der Waals surface area contributed by atoms with Crippen LogP contribution >= 0.6 is 0 Å².